The van der Waals surface area contributed by atoms with Crippen molar-refractivity contribution in [3.8, 4) is 0 Å². The molecule has 0 spiro atoms. The van der Waals surface area contributed by atoms with Gasteiger partial charge in [-0.25, -0.2) is 13.1 Å². The van der Waals surface area contributed by atoms with Gasteiger partial charge >= 0.3 is 0 Å². The molecule has 0 aliphatic heterocycles. The number of alkyl halides is 1. The molecular formula is C6H10ClN3O2S. The highest BCUT2D eigenvalue weighted by atomic mass is 35.5. The van der Waals surface area contributed by atoms with Crippen LogP contribution in [0.3, 0.4) is 0 Å². The van der Waals surface area contributed by atoms with Gasteiger partial charge in [0.1, 0.15) is 4.90 Å². The highest BCUT2D eigenvalue weighted by molar-refractivity contribution is 7.89. The molecule has 74 valence electrons. The van der Waals surface area contributed by atoms with E-state index in [9.17, 15) is 8.42 Å². The van der Waals surface area contributed by atoms with E-state index in [0.29, 0.717) is 0 Å². The molecule has 0 radical (unpaired) electrons. The monoisotopic (exact) mass is 223 g/mol. The van der Waals surface area contributed by atoms with Crippen molar-refractivity contribution in [2.45, 2.75) is 17.2 Å². The smallest absolute Gasteiger partial charge is 0.243 e. The molecule has 0 saturated carbocycles. The molecule has 0 amide bonds. The zero-order valence-electron chi connectivity index (χ0n) is 6.99. The number of nitrogens with zero attached hydrogens (tertiary/aromatic N) is 1. The lowest BCUT2D eigenvalue weighted by atomic mass is 10.5. The molecular weight excluding hydrogens is 214 g/mol. The van der Waals surface area contributed by atoms with Crippen molar-refractivity contribution < 1.29 is 8.42 Å². The van der Waals surface area contributed by atoms with E-state index < -0.39 is 10.0 Å². The van der Waals surface area contributed by atoms with E-state index in [4.69, 9.17) is 11.6 Å². The average Bonchev–Trinajstić information content (AvgIpc) is 2.53. The standard InChI is InChI=1S/C6H10ClN3O2S/c1-5(7)2-10-13(11,12)6-3-8-9-4-6/h3-5,10H,2H2,1H3,(H,8,9). The SMILES string of the molecule is CC(Cl)CNS(=O)(=O)c1cn[nH]c1. The van der Waals surface area contributed by atoms with Crippen LogP contribution in [0.25, 0.3) is 0 Å². The van der Waals surface area contributed by atoms with Crippen LogP contribution in [0.15, 0.2) is 17.3 Å². The van der Waals surface area contributed by atoms with E-state index in [1.165, 1.54) is 12.4 Å². The summed E-state index contributed by atoms with van der Waals surface area (Å²) in [6.07, 6.45) is 2.54. The number of rotatable bonds is 4. The lowest BCUT2D eigenvalue weighted by molar-refractivity contribution is 0.581. The fourth-order valence-corrected chi connectivity index (χ4v) is 1.90. The van der Waals surface area contributed by atoms with Crippen LogP contribution in [-0.2, 0) is 10.0 Å². The molecule has 0 aliphatic carbocycles. The molecule has 13 heavy (non-hydrogen) atoms. The Morgan fingerprint density at radius 2 is 2.46 bits per heavy atom. The quantitative estimate of drug-likeness (QED) is 0.722. The van der Waals surface area contributed by atoms with Gasteiger partial charge in [0.25, 0.3) is 0 Å². The maximum absolute atomic E-state index is 11.4. The molecule has 2 N–H and O–H groups in total. The van der Waals surface area contributed by atoms with E-state index in [1.54, 1.807) is 6.92 Å². The third kappa shape index (κ3) is 2.98. The van der Waals surface area contributed by atoms with Crippen LogP contribution in [0, 0.1) is 0 Å². The number of sulfonamides is 1. The summed E-state index contributed by atoms with van der Waals surface area (Å²) in [6, 6.07) is 0. The molecule has 1 aromatic rings. The van der Waals surface area contributed by atoms with E-state index in [-0.39, 0.29) is 16.8 Å². The molecule has 1 atom stereocenters. The molecule has 1 heterocycles. The van der Waals surface area contributed by atoms with Gasteiger partial charge in [-0.1, -0.05) is 0 Å². The Hall–Kier alpha value is -0.590. The lowest BCUT2D eigenvalue weighted by Gasteiger charge is -2.04. The molecule has 1 rings (SSSR count). The van der Waals surface area contributed by atoms with E-state index in [0.717, 1.165) is 0 Å². The lowest BCUT2D eigenvalue weighted by Crippen LogP contribution is -2.28. The van der Waals surface area contributed by atoms with Crippen LogP contribution < -0.4 is 4.72 Å². The fraction of sp³-hybridized carbons (Fsp3) is 0.500. The Morgan fingerprint density at radius 1 is 1.77 bits per heavy atom. The maximum atomic E-state index is 11.4. The third-order valence-electron chi connectivity index (χ3n) is 1.34. The van der Waals surface area contributed by atoms with E-state index in [2.05, 4.69) is 14.9 Å². The van der Waals surface area contributed by atoms with Gasteiger partial charge in [-0.2, -0.15) is 5.10 Å². The summed E-state index contributed by atoms with van der Waals surface area (Å²) in [5.74, 6) is 0. The third-order valence-corrected chi connectivity index (χ3v) is 2.88. The van der Waals surface area contributed by atoms with Crippen molar-refractivity contribution >= 4 is 21.6 Å². The van der Waals surface area contributed by atoms with E-state index in [1.807, 2.05) is 0 Å². The summed E-state index contributed by atoms with van der Waals surface area (Å²) in [5.41, 5.74) is 0. The normalized spacial score (nSPS) is 14.3. The zero-order valence-corrected chi connectivity index (χ0v) is 8.56. The Balaban J connectivity index is 2.68. The summed E-state index contributed by atoms with van der Waals surface area (Å²) < 4.78 is 25.1. The predicted octanol–water partition coefficient (Wildman–Crippen LogP) is 0.315. The Morgan fingerprint density at radius 3 is 2.92 bits per heavy atom. The minimum absolute atomic E-state index is 0.116. The first-order valence-corrected chi connectivity index (χ1v) is 5.57. The number of aromatic nitrogens is 2. The highest BCUT2D eigenvalue weighted by Crippen LogP contribution is 2.04. The van der Waals surface area contributed by atoms with Gasteiger partial charge in [0.15, 0.2) is 0 Å². The predicted molar refractivity (Wildman–Crippen MR) is 49.1 cm³/mol. The molecule has 0 aliphatic rings. The molecule has 1 unspecified atom stereocenters. The van der Waals surface area contributed by atoms with Crippen molar-refractivity contribution in [2.24, 2.45) is 0 Å². The minimum atomic E-state index is -3.44. The highest BCUT2D eigenvalue weighted by Gasteiger charge is 2.14. The van der Waals surface area contributed by atoms with Crippen LogP contribution in [0.4, 0.5) is 0 Å². The summed E-state index contributed by atoms with van der Waals surface area (Å²) in [5, 5.41) is 5.73. The van der Waals surface area contributed by atoms with Crippen molar-refractivity contribution in [1.82, 2.24) is 14.9 Å². The minimum Gasteiger partial charge on any atom is -0.284 e. The first-order chi connectivity index (χ1) is 6.02. The summed E-state index contributed by atoms with van der Waals surface area (Å²) in [6.45, 7) is 1.91. The largest absolute Gasteiger partial charge is 0.284 e. The number of H-pyrrole nitrogens is 1. The summed E-state index contributed by atoms with van der Waals surface area (Å²) >= 11 is 5.59. The van der Waals surface area contributed by atoms with Crippen molar-refractivity contribution in [3.05, 3.63) is 12.4 Å². The Labute approximate surface area is 81.5 Å². The maximum Gasteiger partial charge on any atom is 0.243 e. The number of halogens is 1. The summed E-state index contributed by atoms with van der Waals surface area (Å²) in [4.78, 5) is 0.116. The number of hydrogen-bond acceptors (Lipinski definition) is 3. The summed E-state index contributed by atoms with van der Waals surface area (Å²) in [7, 11) is -3.44. The average molecular weight is 224 g/mol. The Kier molecular flexibility index (Phi) is 3.29. The topological polar surface area (TPSA) is 74.8 Å². The fourth-order valence-electron chi connectivity index (χ4n) is 0.694. The van der Waals surface area contributed by atoms with Gasteiger partial charge in [0.05, 0.1) is 6.20 Å². The molecule has 0 saturated heterocycles. The van der Waals surface area contributed by atoms with Crippen LogP contribution in [0.2, 0.25) is 0 Å². The van der Waals surface area contributed by atoms with Gasteiger partial charge in [-0.3, -0.25) is 5.10 Å². The van der Waals surface area contributed by atoms with Crippen molar-refractivity contribution in [1.29, 1.82) is 0 Å². The van der Waals surface area contributed by atoms with Gasteiger partial charge in [-0.05, 0) is 6.92 Å². The van der Waals surface area contributed by atoms with Crippen molar-refractivity contribution in [3.63, 3.8) is 0 Å². The van der Waals surface area contributed by atoms with Gasteiger partial charge in [0.2, 0.25) is 10.0 Å². The van der Waals surface area contributed by atoms with Crippen LogP contribution in [0.5, 0.6) is 0 Å². The van der Waals surface area contributed by atoms with Gasteiger partial charge in [0, 0.05) is 18.1 Å². The van der Waals surface area contributed by atoms with Gasteiger partial charge < -0.3 is 0 Å². The molecule has 7 heteroatoms. The first-order valence-electron chi connectivity index (χ1n) is 3.65. The van der Waals surface area contributed by atoms with Crippen molar-refractivity contribution in [2.75, 3.05) is 6.54 Å². The number of nitrogens with one attached hydrogen (secondary N) is 2. The van der Waals surface area contributed by atoms with Crippen LogP contribution in [0.1, 0.15) is 6.92 Å². The molecule has 1 aromatic heterocycles. The molecule has 5 nitrogen and oxygen atoms in total. The molecule has 0 aromatic carbocycles. The first kappa shape index (κ1) is 10.5. The van der Waals surface area contributed by atoms with Gasteiger partial charge in [-0.15, -0.1) is 11.6 Å². The second-order valence-corrected chi connectivity index (χ2v) is 5.08. The van der Waals surface area contributed by atoms with Crippen LogP contribution in [-0.4, -0.2) is 30.5 Å². The molecule has 0 fully saturated rings. The number of hydrogen-bond donors (Lipinski definition) is 2. The van der Waals surface area contributed by atoms with Crippen LogP contribution >= 0.6 is 11.6 Å². The second kappa shape index (κ2) is 4.08. The second-order valence-electron chi connectivity index (χ2n) is 2.57. The Bertz CT molecular complexity index is 346. The number of aromatic amines is 1. The zero-order chi connectivity index (χ0) is 9.90. The van der Waals surface area contributed by atoms with E-state index >= 15 is 0 Å². The molecule has 0 bridgehead atoms.